The lowest BCUT2D eigenvalue weighted by atomic mass is 9.96. The average Bonchev–Trinajstić information content (AvgIpc) is 3.27. The average molecular weight is 342 g/mol. The number of aromatic amines is 2. The van der Waals surface area contributed by atoms with Crippen molar-refractivity contribution in [3.8, 4) is 0 Å². The van der Waals surface area contributed by atoms with E-state index < -0.39 is 11.8 Å². The number of nitrogens with zero attached hydrogens (tertiary/aromatic N) is 1. The molecule has 26 heavy (non-hydrogen) atoms. The van der Waals surface area contributed by atoms with Gasteiger partial charge in [0, 0.05) is 27.5 Å². The van der Waals surface area contributed by atoms with Gasteiger partial charge in [-0.15, -0.1) is 0 Å². The van der Waals surface area contributed by atoms with Crippen LogP contribution in [0.3, 0.4) is 0 Å². The molecule has 0 unspecified atom stereocenters. The van der Waals surface area contributed by atoms with Gasteiger partial charge in [0.25, 0.3) is 11.8 Å². The number of benzene rings is 2. The summed E-state index contributed by atoms with van der Waals surface area (Å²) < 4.78 is 0. The summed E-state index contributed by atoms with van der Waals surface area (Å²) in [5, 5.41) is 11.4. The molecule has 0 atom stereocenters. The van der Waals surface area contributed by atoms with Gasteiger partial charge in [0.05, 0.1) is 16.7 Å². The molecule has 2 aromatic carbocycles. The van der Waals surface area contributed by atoms with Crippen LogP contribution in [0.4, 0.5) is 0 Å². The van der Waals surface area contributed by atoms with Crippen LogP contribution in [0, 0.1) is 6.92 Å². The Balaban J connectivity index is 1.88. The molecule has 1 aliphatic heterocycles. The number of H-pyrrole nitrogens is 2. The summed E-state index contributed by atoms with van der Waals surface area (Å²) in [5.74, 6) is -0.822. The summed E-state index contributed by atoms with van der Waals surface area (Å²) in [5.41, 5.74) is 4.48. The molecule has 6 nitrogen and oxygen atoms in total. The fraction of sp³-hybridized carbons (Fsp3) is 0.0500. The molecule has 3 N–H and O–H groups in total. The monoisotopic (exact) mass is 342 g/mol. The van der Waals surface area contributed by atoms with E-state index in [4.69, 9.17) is 0 Å². The Labute approximate surface area is 147 Å². The van der Waals surface area contributed by atoms with Gasteiger partial charge in [0.2, 0.25) is 0 Å². The lowest BCUT2D eigenvalue weighted by Gasteiger charge is -2.03. The van der Waals surface area contributed by atoms with E-state index in [0.29, 0.717) is 16.8 Å². The summed E-state index contributed by atoms with van der Waals surface area (Å²) in [6.45, 7) is 1.90. The summed E-state index contributed by atoms with van der Waals surface area (Å²) in [4.78, 5) is 28.6. The Kier molecular flexibility index (Phi) is 2.91. The van der Waals surface area contributed by atoms with E-state index in [2.05, 4.69) is 20.5 Å². The molecule has 0 fully saturated rings. The molecular weight excluding hydrogens is 328 g/mol. The number of hydrogen-bond acceptors (Lipinski definition) is 3. The Morgan fingerprint density at radius 2 is 1.46 bits per heavy atom. The van der Waals surface area contributed by atoms with Gasteiger partial charge in [-0.25, -0.2) is 0 Å². The van der Waals surface area contributed by atoms with Gasteiger partial charge in [-0.3, -0.25) is 20.0 Å². The second-order valence-corrected chi connectivity index (χ2v) is 6.32. The first-order valence-electron chi connectivity index (χ1n) is 8.26. The lowest BCUT2D eigenvalue weighted by molar-refractivity contribution is -0.122. The molecule has 4 aromatic rings. The molecule has 0 bridgehead atoms. The lowest BCUT2D eigenvalue weighted by Crippen LogP contribution is -2.22. The highest BCUT2D eigenvalue weighted by Gasteiger charge is 2.36. The van der Waals surface area contributed by atoms with Crippen LogP contribution in [-0.2, 0) is 9.59 Å². The minimum atomic E-state index is -0.424. The number of imide groups is 1. The van der Waals surface area contributed by atoms with Crippen molar-refractivity contribution in [2.75, 3.05) is 0 Å². The number of hydrogen-bond donors (Lipinski definition) is 3. The third kappa shape index (κ3) is 1.89. The predicted molar refractivity (Wildman–Crippen MR) is 99.1 cm³/mol. The topological polar surface area (TPSA) is 90.6 Å². The van der Waals surface area contributed by atoms with Crippen molar-refractivity contribution in [1.29, 1.82) is 0 Å². The molecule has 0 aliphatic carbocycles. The van der Waals surface area contributed by atoms with Gasteiger partial charge in [0.1, 0.15) is 5.69 Å². The van der Waals surface area contributed by atoms with Gasteiger partial charge in [-0.2, -0.15) is 5.10 Å². The van der Waals surface area contributed by atoms with Crippen LogP contribution >= 0.6 is 0 Å². The summed E-state index contributed by atoms with van der Waals surface area (Å²) >= 11 is 0. The molecule has 2 aromatic heterocycles. The van der Waals surface area contributed by atoms with E-state index in [9.17, 15) is 9.59 Å². The highest BCUT2D eigenvalue weighted by Crippen LogP contribution is 2.38. The first kappa shape index (κ1) is 14.7. The van der Waals surface area contributed by atoms with Gasteiger partial charge < -0.3 is 4.98 Å². The summed E-state index contributed by atoms with van der Waals surface area (Å²) in [6.07, 6.45) is 0. The Morgan fingerprint density at radius 3 is 2.27 bits per heavy atom. The van der Waals surface area contributed by atoms with Gasteiger partial charge >= 0.3 is 0 Å². The maximum Gasteiger partial charge on any atom is 0.261 e. The van der Waals surface area contributed by atoms with Gasteiger partial charge in [0.15, 0.2) is 0 Å². The van der Waals surface area contributed by atoms with Crippen LogP contribution in [0.2, 0.25) is 0 Å². The minimum absolute atomic E-state index is 0.306. The Hall–Kier alpha value is -3.67. The van der Waals surface area contributed by atoms with Crippen molar-refractivity contribution in [2.24, 2.45) is 0 Å². The van der Waals surface area contributed by atoms with Crippen LogP contribution in [-0.4, -0.2) is 27.0 Å². The maximum absolute atomic E-state index is 12.7. The molecular formula is C20H14N4O2. The first-order valence-corrected chi connectivity index (χ1v) is 8.26. The predicted octanol–water partition coefficient (Wildman–Crippen LogP) is 2.92. The van der Waals surface area contributed by atoms with E-state index in [1.165, 1.54) is 0 Å². The van der Waals surface area contributed by atoms with E-state index in [0.717, 1.165) is 33.1 Å². The Bertz CT molecular complexity index is 1260. The van der Waals surface area contributed by atoms with Crippen LogP contribution in [0.5, 0.6) is 0 Å². The molecule has 3 heterocycles. The normalized spacial score (nSPS) is 14.7. The second kappa shape index (κ2) is 5.16. The highest BCUT2D eigenvalue weighted by atomic mass is 16.2. The second-order valence-electron chi connectivity index (χ2n) is 6.32. The van der Waals surface area contributed by atoms with Gasteiger partial charge in [-0.1, -0.05) is 36.4 Å². The number of fused-ring (bicyclic) bond motifs is 2. The molecule has 1 aliphatic rings. The molecule has 5 rings (SSSR count). The van der Waals surface area contributed by atoms with Crippen molar-refractivity contribution in [3.05, 3.63) is 65.5 Å². The minimum Gasteiger partial charge on any atom is -0.358 e. The highest BCUT2D eigenvalue weighted by molar-refractivity contribution is 6.50. The quantitative estimate of drug-likeness (QED) is 0.489. The number of amides is 2. The van der Waals surface area contributed by atoms with Crippen LogP contribution < -0.4 is 5.32 Å². The largest absolute Gasteiger partial charge is 0.358 e. The zero-order valence-electron chi connectivity index (χ0n) is 13.9. The standard InChI is InChI=1S/C20H14N4O2/c1-10-15(11-6-2-4-8-13(11)21-10)16-17(20(26)22-19(16)25)18-12-7-3-5-9-14(12)23-24-18/h2-9,21H,1H3,(H,23,24)(H,22,25,26). The van der Waals surface area contributed by atoms with Gasteiger partial charge in [-0.05, 0) is 19.1 Å². The van der Waals surface area contributed by atoms with E-state index in [1.54, 1.807) is 0 Å². The fourth-order valence-corrected chi connectivity index (χ4v) is 3.67. The molecule has 0 radical (unpaired) electrons. The number of aromatic nitrogens is 3. The molecule has 0 saturated heterocycles. The van der Waals surface area contributed by atoms with Crippen LogP contribution in [0.1, 0.15) is 17.0 Å². The third-order valence-corrected chi connectivity index (χ3v) is 4.78. The number of carbonyl (C=O) groups is 2. The fourth-order valence-electron chi connectivity index (χ4n) is 3.67. The smallest absolute Gasteiger partial charge is 0.261 e. The summed E-state index contributed by atoms with van der Waals surface area (Å²) in [7, 11) is 0. The van der Waals surface area contributed by atoms with E-state index in [1.807, 2.05) is 55.5 Å². The molecule has 6 heteroatoms. The van der Waals surface area contributed by atoms with E-state index >= 15 is 0 Å². The third-order valence-electron chi connectivity index (χ3n) is 4.78. The first-order chi connectivity index (χ1) is 12.6. The van der Waals surface area contributed by atoms with Crippen LogP contribution in [0.25, 0.3) is 33.0 Å². The number of para-hydroxylation sites is 2. The molecule has 0 saturated carbocycles. The zero-order valence-corrected chi connectivity index (χ0v) is 13.9. The van der Waals surface area contributed by atoms with Crippen molar-refractivity contribution in [1.82, 2.24) is 20.5 Å². The summed E-state index contributed by atoms with van der Waals surface area (Å²) in [6, 6.07) is 15.3. The number of rotatable bonds is 2. The SMILES string of the molecule is Cc1[nH]c2ccccc2c1C1=C(c2n[nH]c3ccccc23)C(=O)NC1=O. The number of carbonyl (C=O) groups excluding carboxylic acids is 2. The maximum atomic E-state index is 12.7. The number of nitrogens with one attached hydrogen (secondary N) is 3. The van der Waals surface area contributed by atoms with E-state index in [-0.39, 0.29) is 0 Å². The van der Waals surface area contributed by atoms with Crippen molar-refractivity contribution in [3.63, 3.8) is 0 Å². The van der Waals surface area contributed by atoms with Crippen molar-refractivity contribution < 1.29 is 9.59 Å². The zero-order chi connectivity index (χ0) is 17.8. The molecule has 0 spiro atoms. The molecule has 126 valence electrons. The van der Waals surface area contributed by atoms with Crippen molar-refractivity contribution >= 4 is 44.8 Å². The Morgan fingerprint density at radius 1 is 0.808 bits per heavy atom. The molecule has 2 amide bonds. The number of aryl methyl sites for hydroxylation is 1. The van der Waals surface area contributed by atoms with Crippen molar-refractivity contribution in [2.45, 2.75) is 6.92 Å². The van der Waals surface area contributed by atoms with Crippen LogP contribution in [0.15, 0.2) is 48.5 Å².